The van der Waals surface area contributed by atoms with Crippen molar-refractivity contribution in [3.05, 3.63) is 22.4 Å². The molecular weight excluding hydrogens is 311 g/mol. The van der Waals surface area contributed by atoms with Crippen molar-refractivity contribution < 1.29 is 23.1 Å². The van der Waals surface area contributed by atoms with Crippen molar-refractivity contribution >= 4 is 0 Å². The number of halogens is 1. The van der Waals surface area contributed by atoms with Gasteiger partial charge in [0, 0.05) is 0 Å². The number of nitrogens with zero attached hydrogens (tertiary/aromatic N) is 3. The van der Waals surface area contributed by atoms with E-state index in [1.807, 2.05) is 0 Å². The first-order valence-electron chi connectivity index (χ1n) is 6.94. The minimum atomic E-state index is -1.98. The zero-order chi connectivity index (χ0) is 16.4. The monoisotopic (exact) mass is 326 g/mol. The molecule has 0 amide bonds. The lowest BCUT2D eigenvalue weighted by atomic mass is 10.0. The number of methoxy groups -OCH3 is 2. The molecule has 1 fully saturated rings. The normalized spacial score (nSPS) is 23.7. The Kier molecular flexibility index (Phi) is 3.89. The molecule has 1 aliphatic carbocycles. The molecule has 0 bridgehead atoms. The third-order valence-corrected chi connectivity index (χ3v) is 3.68. The molecule has 0 radical (unpaired) electrons. The molecular formula is C13H15FN4O5. The summed E-state index contributed by atoms with van der Waals surface area (Å²) in [4.78, 5) is 21.3. The minimum Gasteiger partial charge on any atom is -0.481 e. The summed E-state index contributed by atoms with van der Waals surface area (Å²) < 4.78 is 35.2. The number of nitrogens with one attached hydrogen (secondary N) is 1. The van der Waals surface area contributed by atoms with Crippen LogP contribution < -0.4 is 20.0 Å². The van der Waals surface area contributed by atoms with Crippen LogP contribution in [-0.4, -0.2) is 40.4 Å². The van der Waals surface area contributed by atoms with Crippen molar-refractivity contribution in [2.24, 2.45) is 0 Å². The van der Waals surface area contributed by atoms with E-state index in [9.17, 15) is 4.79 Å². The molecule has 0 spiro atoms. The van der Waals surface area contributed by atoms with Gasteiger partial charge in [-0.05, 0) is 19.3 Å². The molecule has 2 heterocycles. The first-order valence-corrected chi connectivity index (χ1v) is 6.94. The lowest BCUT2D eigenvalue weighted by Crippen LogP contribution is -2.36. The number of aromatic nitrogens is 4. The van der Waals surface area contributed by atoms with Crippen molar-refractivity contribution in [3.8, 4) is 17.8 Å². The number of aromatic amines is 1. The summed E-state index contributed by atoms with van der Waals surface area (Å²) in [7, 11) is 2.86. The highest BCUT2D eigenvalue weighted by molar-refractivity contribution is 5.23. The van der Waals surface area contributed by atoms with Crippen LogP contribution in [0.4, 0.5) is 4.39 Å². The molecule has 124 valence electrons. The van der Waals surface area contributed by atoms with Gasteiger partial charge < -0.3 is 14.2 Å². The van der Waals surface area contributed by atoms with E-state index in [1.165, 1.54) is 20.3 Å². The average molecular weight is 326 g/mol. The molecule has 0 aliphatic heterocycles. The fraction of sp³-hybridized carbons (Fsp3) is 0.538. The van der Waals surface area contributed by atoms with Crippen molar-refractivity contribution in [1.29, 1.82) is 0 Å². The highest BCUT2D eigenvalue weighted by Gasteiger charge is 2.50. The van der Waals surface area contributed by atoms with E-state index in [2.05, 4.69) is 24.6 Å². The van der Waals surface area contributed by atoms with Gasteiger partial charge in [-0.25, -0.2) is 9.18 Å². The Morgan fingerprint density at radius 1 is 1.35 bits per heavy atom. The van der Waals surface area contributed by atoms with E-state index in [0.29, 0.717) is 12.8 Å². The SMILES string of the molecule is COc1cc(OC)nc(OC2CCCC2(F)c2noc(=O)[nH]2)n1. The van der Waals surface area contributed by atoms with Crippen molar-refractivity contribution in [2.75, 3.05) is 14.2 Å². The van der Waals surface area contributed by atoms with Gasteiger partial charge in [0.25, 0.3) is 0 Å². The smallest absolute Gasteiger partial charge is 0.439 e. The molecule has 23 heavy (non-hydrogen) atoms. The van der Waals surface area contributed by atoms with Crippen LogP contribution in [0.5, 0.6) is 17.8 Å². The summed E-state index contributed by atoms with van der Waals surface area (Å²) in [6, 6.07) is 1.39. The number of ether oxygens (including phenoxy) is 3. The summed E-state index contributed by atoms with van der Waals surface area (Å²) in [6.07, 6.45) is 0.187. The van der Waals surface area contributed by atoms with E-state index in [-0.39, 0.29) is 30.0 Å². The molecule has 0 saturated heterocycles. The minimum absolute atomic E-state index is 0.0824. The zero-order valence-electron chi connectivity index (χ0n) is 12.5. The molecule has 0 aromatic carbocycles. The van der Waals surface area contributed by atoms with Crippen LogP contribution in [-0.2, 0) is 5.67 Å². The molecule has 1 saturated carbocycles. The molecule has 10 heteroatoms. The second-order valence-corrected chi connectivity index (χ2v) is 5.04. The van der Waals surface area contributed by atoms with Crippen LogP contribution in [0.3, 0.4) is 0 Å². The average Bonchev–Trinajstić information content (AvgIpc) is 3.14. The Bertz CT molecular complexity index is 726. The Balaban J connectivity index is 1.88. The molecule has 3 rings (SSSR count). The zero-order valence-corrected chi connectivity index (χ0v) is 12.5. The van der Waals surface area contributed by atoms with Crippen LogP contribution in [0.2, 0.25) is 0 Å². The fourth-order valence-electron chi connectivity index (χ4n) is 2.54. The van der Waals surface area contributed by atoms with E-state index < -0.39 is 17.5 Å². The standard InChI is InChI=1S/C13H15FN4O5/c1-20-8-6-9(21-2)16-11(15-8)22-7-4-3-5-13(7,14)10-17-12(19)23-18-10/h6-7H,3-5H2,1-2H3,(H,17,18,19). The van der Waals surface area contributed by atoms with E-state index in [0.717, 1.165) is 0 Å². The van der Waals surface area contributed by atoms with Gasteiger partial charge in [-0.2, -0.15) is 9.97 Å². The number of hydrogen-bond acceptors (Lipinski definition) is 8. The molecule has 9 nitrogen and oxygen atoms in total. The van der Waals surface area contributed by atoms with Crippen molar-refractivity contribution in [2.45, 2.75) is 31.0 Å². The predicted molar refractivity (Wildman–Crippen MR) is 73.3 cm³/mol. The number of rotatable bonds is 5. The Hall–Kier alpha value is -2.65. The molecule has 2 unspecified atom stereocenters. The van der Waals surface area contributed by atoms with Crippen LogP contribution in [0.1, 0.15) is 25.1 Å². The topological polar surface area (TPSA) is 112 Å². The maximum atomic E-state index is 15.2. The Morgan fingerprint density at radius 3 is 2.61 bits per heavy atom. The maximum absolute atomic E-state index is 15.2. The third kappa shape index (κ3) is 2.83. The second-order valence-electron chi connectivity index (χ2n) is 5.04. The molecule has 2 aromatic rings. The van der Waals surface area contributed by atoms with Crippen LogP contribution in [0.25, 0.3) is 0 Å². The first-order chi connectivity index (χ1) is 11.0. The number of alkyl halides is 1. The molecule has 2 aromatic heterocycles. The summed E-state index contributed by atoms with van der Waals surface area (Å²) in [5, 5.41) is 3.44. The second kappa shape index (κ2) is 5.86. The van der Waals surface area contributed by atoms with E-state index in [4.69, 9.17) is 14.2 Å². The van der Waals surface area contributed by atoms with Crippen LogP contribution in [0, 0.1) is 0 Å². The fourth-order valence-corrected chi connectivity index (χ4v) is 2.54. The number of H-pyrrole nitrogens is 1. The predicted octanol–water partition coefficient (Wildman–Crippen LogP) is 0.966. The van der Waals surface area contributed by atoms with Gasteiger partial charge in [-0.1, -0.05) is 5.16 Å². The van der Waals surface area contributed by atoms with Crippen LogP contribution >= 0.6 is 0 Å². The summed E-state index contributed by atoms with van der Waals surface area (Å²) in [5.41, 5.74) is -1.98. The van der Waals surface area contributed by atoms with Gasteiger partial charge >= 0.3 is 11.8 Å². The summed E-state index contributed by atoms with van der Waals surface area (Å²) in [6.45, 7) is 0. The molecule has 2 atom stereocenters. The van der Waals surface area contributed by atoms with Gasteiger partial charge in [0.2, 0.25) is 17.4 Å². The summed E-state index contributed by atoms with van der Waals surface area (Å²) >= 11 is 0. The first kappa shape index (κ1) is 15.3. The lowest BCUT2D eigenvalue weighted by molar-refractivity contribution is 0.0158. The third-order valence-electron chi connectivity index (χ3n) is 3.68. The van der Waals surface area contributed by atoms with Gasteiger partial charge in [0.15, 0.2) is 5.82 Å². The quantitative estimate of drug-likeness (QED) is 0.865. The number of hydrogen-bond donors (Lipinski definition) is 1. The van der Waals surface area contributed by atoms with Crippen LogP contribution in [0.15, 0.2) is 15.4 Å². The van der Waals surface area contributed by atoms with Gasteiger partial charge in [-0.15, -0.1) is 0 Å². The lowest BCUT2D eigenvalue weighted by Gasteiger charge is -2.24. The largest absolute Gasteiger partial charge is 0.481 e. The molecule has 1 aliphatic rings. The maximum Gasteiger partial charge on any atom is 0.439 e. The van der Waals surface area contributed by atoms with Crippen molar-refractivity contribution in [1.82, 2.24) is 20.1 Å². The van der Waals surface area contributed by atoms with Gasteiger partial charge in [-0.3, -0.25) is 9.51 Å². The Morgan fingerprint density at radius 2 is 2.04 bits per heavy atom. The van der Waals surface area contributed by atoms with Gasteiger partial charge in [0.05, 0.1) is 20.3 Å². The molecule has 1 N–H and O–H groups in total. The van der Waals surface area contributed by atoms with E-state index in [1.54, 1.807) is 0 Å². The van der Waals surface area contributed by atoms with E-state index >= 15 is 4.39 Å². The highest BCUT2D eigenvalue weighted by Crippen LogP contribution is 2.42. The van der Waals surface area contributed by atoms with Gasteiger partial charge in [0.1, 0.15) is 6.10 Å². The Labute approximate surface area is 129 Å². The highest BCUT2D eigenvalue weighted by atomic mass is 19.1. The van der Waals surface area contributed by atoms with Crippen molar-refractivity contribution in [3.63, 3.8) is 0 Å². The summed E-state index contributed by atoms with van der Waals surface area (Å²) in [5.74, 6) is -0.560.